The Morgan fingerprint density at radius 2 is 2.14 bits per heavy atom. The summed E-state index contributed by atoms with van der Waals surface area (Å²) in [7, 11) is 0. The summed E-state index contributed by atoms with van der Waals surface area (Å²) < 4.78 is 0. The summed E-state index contributed by atoms with van der Waals surface area (Å²) in [5.41, 5.74) is 0.417. The van der Waals surface area contributed by atoms with Crippen molar-refractivity contribution in [3.63, 3.8) is 0 Å². The van der Waals surface area contributed by atoms with Crippen molar-refractivity contribution in [2.45, 2.75) is 13.3 Å². The third-order valence-electron chi connectivity index (χ3n) is 4.45. The van der Waals surface area contributed by atoms with Gasteiger partial charge < -0.3 is 10.2 Å². The van der Waals surface area contributed by atoms with Gasteiger partial charge in [0.2, 0.25) is 0 Å². The lowest BCUT2D eigenvalue weighted by Crippen LogP contribution is -2.51. The first-order chi connectivity index (χ1) is 9.66. The summed E-state index contributed by atoms with van der Waals surface area (Å²) >= 11 is 1.54. The van der Waals surface area contributed by atoms with E-state index in [-0.39, 0.29) is 18.3 Å². The van der Waals surface area contributed by atoms with Crippen molar-refractivity contribution in [2.24, 2.45) is 5.41 Å². The molecule has 2 fully saturated rings. The third kappa shape index (κ3) is 3.97. The topological polar surface area (TPSA) is 35.6 Å². The van der Waals surface area contributed by atoms with Crippen LogP contribution in [0.3, 0.4) is 0 Å². The number of halogens is 1. The maximum atomic E-state index is 12.3. The largest absolute Gasteiger partial charge is 0.335 e. The summed E-state index contributed by atoms with van der Waals surface area (Å²) in [5.74, 6) is 0.202. The van der Waals surface area contributed by atoms with Gasteiger partial charge in [0.1, 0.15) is 0 Å². The van der Waals surface area contributed by atoms with Gasteiger partial charge in [-0.3, -0.25) is 9.69 Å². The SMILES string of the molecule is CC1(CN2CCN(C(=O)c3cccs3)CC2)CCNC1.Cl. The monoisotopic (exact) mass is 329 g/mol. The highest BCUT2D eigenvalue weighted by Gasteiger charge is 2.32. The zero-order valence-corrected chi connectivity index (χ0v) is 14.1. The smallest absolute Gasteiger partial charge is 0.264 e. The summed E-state index contributed by atoms with van der Waals surface area (Å²) in [6, 6.07) is 3.87. The van der Waals surface area contributed by atoms with Gasteiger partial charge in [-0.2, -0.15) is 0 Å². The van der Waals surface area contributed by atoms with Gasteiger partial charge in [0.25, 0.3) is 5.91 Å². The van der Waals surface area contributed by atoms with Crippen LogP contribution in [0.5, 0.6) is 0 Å². The molecule has 2 aliphatic rings. The number of amides is 1. The van der Waals surface area contributed by atoms with Crippen LogP contribution in [0.2, 0.25) is 0 Å². The molecule has 1 atom stereocenters. The predicted molar refractivity (Wildman–Crippen MR) is 89.5 cm³/mol. The minimum absolute atomic E-state index is 0. The highest BCUT2D eigenvalue weighted by atomic mass is 35.5. The van der Waals surface area contributed by atoms with Gasteiger partial charge in [-0.1, -0.05) is 13.0 Å². The number of hydrogen-bond donors (Lipinski definition) is 1. The van der Waals surface area contributed by atoms with Crippen LogP contribution in [0.25, 0.3) is 0 Å². The lowest BCUT2D eigenvalue weighted by atomic mass is 9.89. The predicted octanol–water partition coefficient (Wildman–Crippen LogP) is 1.93. The molecule has 1 amide bonds. The highest BCUT2D eigenvalue weighted by molar-refractivity contribution is 7.12. The second-order valence-corrected chi connectivity index (χ2v) is 7.23. The number of thiophene rings is 1. The molecule has 0 spiro atoms. The number of nitrogens with zero attached hydrogens (tertiary/aromatic N) is 2. The second kappa shape index (κ2) is 7.09. The fourth-order valence-electron chi connectivity index (χ4n) is 3.21. The number of carbonyl (C=O) groups excluding carboxylic acids is 1. The van der Waals surface area contributed by atoms with Crippen LogP contribution in [0, 0.1) is 5.41 Å². The van der Waals surface area contributed by atoms with Crippen LogP contribution in [0.15, 0.2) is 17.5 Å². The van der Waals surface area contributed by atoms with E-state index >= 15 is 0 Å². The molecule has 1 unspecified atom stereocenters. The molecule has 118 valence electrons. The van der Waals surface area contributed by atoms with E-state index in [0.717, 1.165) is 50.7 Å². The first kappa shape index (κ1) is 16.7. The normalized spacial score (nSPS) is 26.6. The molecular weight excluding hydrogens is 306 g/mol. The Morgan fingerprint density at radius 3 is 2.71 bits per heavy atom. The van der Waals surface area contributed by atoms with Crippen molar-refractivity contribution in [3.05, 3.63) is 22.4 Å². The summed E-state index contributed by atoms with van der Waals surface area (Å²) in [6.45, 7) is 9.53. The van der Waals surface area contributed by atoms with Crippen molar-refractivity contribution in [1.29, 1.82) is 0 Å². The Morgan fingerprint density at radius 1 is 1.38 bits per heavy atom. The van der Waals surface area contributed by atoms with Gasteiger partial charge in [0.15, 0.2) is 0 Å². The Balaban J connectivity index is 0.00000161. The van der Waals surface area contributed by atoms with E-state index in [2.05, 4.69) is 17.1 Å². The van der Waals surface area contributed by atoms with Crippen molar-refractivity contribution >= 4 is 29.7 Å². The molecule has 2 aliphatic heterocycles. The number of rotatable bonds is 3. The molecule has 0 saturated carbocycles. The molecule has 3 rings (SSSR count). The minimum atomic E-state index is 0. The Labute approximate surface area is 136 Å². The second-order valence-electron chi connectivity index (χ2n) is 6.28. The van der Waals surface area contributed by atoms with Gasteiger partial charge in [-0.25, -0.2) is 0 Å². The molecule has 2 saturated heterocycles. The van der Waals surface area contributed by atoms with Crippen LogP contribution in [0.4, 0.5) is 0 Å². The van der Waals surface area contributed by atoms with Crippen molar-refractivity contribution in [1.82, 2.24) is 15.1 Å². The van der Waals surface area contributed by atoms with Crippen LogP contribution in [-0.2, 0) is 0 Å². The van der Waals surface area contributed by atoms with Crippen molar-refractivity contribution in [2.75, 3.05) is 45.8 Å². The lowest BCUT2D eigenvalue weighted by molar-refractivity contribution is 0.0586. The minimum Gasteiger partial charge on any atom is -0.335 e. The Hall–Kier alpha value is -0.620. The van der Waals surface area contributed by atoms with E-state index in [1.54, 1.807) is 0 Å². The maximum absolute atomic E-state index is 12.3. The van der Waals surface area contributed by atoms with Gasteiger partial charge >= 0.3 is 0 Å². The number of hydrogen-bond acceptors (Lipinski definition) is 4. The fourth-order valence-corrected chi connectivity index (χ4v) is 3.90. The molecule has 6 heteroatoms. The molecule has 0 radical (unpaired) electrons. The Bertz CT molecular complexity index is 451. The molecular formula is C15H24ClN3OS. The quantitative estimate of drug-likeness (QED) is 0.920. The van der Waals surface area contributed by atoms with Crippen molar-refractivity contribution < 1.29 is 4.79 Å². The van der Waals surface area contributed by atoms with Gasteiger partial charge in [-0.05, 0) is 29.8 Å². The number of piperazine rings is 1. The molecule has 3 heterocycles. The lowest BCUT2D eigenvalue weighted by Gasteiger charge is -2.38. The van der Waals surface area contributed by atoms with Gasteiger partial charge in [0, 0.05) is 39.3 Å². The molecule has 1 aromatic heterocycles. The molecule has 21 heavy (non-hydrogen) atoms. The molecule has 1 aromatic rings. The summed E-state index contributed by atoms with van der Waals surface area (Å²) in [5, 5.41) is 5.43. The first-order valence-corrected chi connectivity index (χ1v) is 8.30. The molecule has 1 N–H and O–H groups in total. The van der Waals surface area contributed by atoms with E-state index in [1.165, 1.54) is 17.8 Å². The van der Waals surface area contributed by atoms with E-state index in [1.807, 2.05) is 22.4 Å². The standard InChI is InChI=1S/C15H23N3OS.ClH/c1-15(4-5-16-11-15)12-17-6-8-18(9-7-17)14(19)13-3-2-10-20-13;/h2-3,10,16H,4-9,11-12H2,1H3;1H. The summed E-state index contributed by atoms with van der Waals surface area (Å²) in [4.78, 5) is 17.7. The van der Waals surface area contributed by atoms with Gasteiger partial charge in [-0.15, -0.1) is 23.7 Å². The van der Waals surface area contributed by atoms with E-state index < -0.39 is 0 Å². The van der Waals surface area contributed by atoms with E-state index in [0.29, 0.717) is 5.41 Å². The Kier molecular flexibility index (Phi) is 5.66. The van der Waals surface area contributed by atoms with Gasteiger partial charge in [0.05, 0.1) is 4.88 Å². The van der Waals surface area contributed by atoms with Crippen LogP contribution in [0.1, 0.15) is 23.0 Å². The summed E-state index contributed by atoms with van der Waals surface area (Å²) in [6.07, 6.45) is 1.27. The zero-order valence-electron chi connectivity index (χ0n) is 12.5. The zero-order chi connectivity index (χ0) is 14.0. The number of nitrogens with one attached hydrogen (secondary N) is 1. The van der Waals surface area contributed by atoms with E-state index in [4.69, 9.17) is 0 Å². The molecule has 0 aromatic carbocycles. The number of carbonyl (C=O) groups is 1. The van der Waals surface area contributed by atoms with Crippen LogP contribution < -0.4 is 5.32 Å². The average Bonchev–Trinajstić information content (AvgIpc) is 3.10. The van der Waals surface area contributed by atoms with Crippen molar-refractivity contribution in [3.8, 4) is 0 Å². The molecule has 4 nitrogen and oxygen atoms in total. The molecule has 0 bridgehead atoms. The van der Waals surface area contributed by atoms with E-state index in [9.17, 15) is 4.79 Å². The highest BCUT2D eigenvalue weighted by Crippen LogP contribution is 2.26. The first-order valence-electron chi connectivity index (χ1n) is 7.42. The fraction of sp³-hybridized carbons (Fsp3) is 0.667. The average molecular weight is 330 g/mol. The maximum Gasteiger partial charge on any atom is 0.264 e. The molecule has 0 aliphatic carbocycles. The van der Waals surface area contributed by atoms with Crippen LogP contribution in [-0.4, -0.2) is 61.5 Å². The van der Waals surface area contributed by atoms with Crippen LogP contribution >= 0.6 is 23.7 Å². The third-order valence-corrected chi connectivity index (χ3v) is 5.31.